The number of carboxylic acid groups (broad SMARTS) is 1. The van der Waals surface area contributed by atoms with E-state index in [1.807, 2.05) is 0 Å². The van der Waals surface area contributed by atoms with Gasteiger partial charge in [-0.05, 0) is 36.6 Å². The molecule has 1 fully saturated rings. The predicted octanol–water partition coefficient (Wildman–Crippen LogP) is 2.78. The number of fused-ring (bicyclic) bond motifs is 2. The quantitative estimate of drug-likeness (QED) is 0.391. The predicted molar refractivity (Wildman–Crippen MR) is 119 cm³/mol. The van der Waals surface area contributed by atoms with Crippen LogP contribution in [0.15, 0.2) is 42.6 Å². The maximum atomic E-state index is 13.0. The van der Waals surface area contributed by atoms with Crippen LogP contribution in [0, 0.1) is 0 Å². The van der Waals surface area contributed by atoms with E-state index in [-0.39, 0.29) is 17.6 Å². The van der Waals surface area contributed by atoms with Crippen LogP contribution < -0.4 is 25.4 Å². The van der Waals surface area contributed by atoms with E-state index in [0.29, 0.717) is 46.9 Å². The smallest absolute Gasteiger partial charge is 0.330 e. The van der Waals surface area contributed by atoms with Crippen molar-refractivity contribution in [2.24, 2.45) is 0 Å². The lowest BCUT2D eigenvalue weighted by Crippen LogP contribution is -2.33. The second kappa shape index (κ2) is 8.38. The molecule has 0 bridgehead atoms. The largest absolute Gasteiger partial charge is 0.486 e. The Bertz CT molecular complexity index is 1250. The van der Waals surface area contributed by atoms with Crippen molar-refractivity contribution in [3.8, 4) is 11.5 Å². The normalized spacial score (nSPS) is 15.5. The van der Waals surface area contributed by atoms with E-state index in [1.54, 1.807) is 36.4 Å². The summed E-state index contributed by atoms with van der Waals surface area (Å²) in [6.07, 6.45) is 3.43. The molecule has 1 aliphatic carbocycles. The van der Waals surface area contributed by atoms with Crippen molar-refractivity contribution in [3.05, 3.63) is 53.7 Å². The van der Waals surface area contributed by atoms with E-state index in [1.165, 1.54) is 6.20 Å². The third-order valence-corrected chi connectivity index (χ3v) is 5.54. The molecule has 0 radical (unpaired) electrons. The fraction of sp³-hybridized carbons (Fsp3) is 0.261. The van der Waals surface area contributed by atoms with E-state index >= 15 is 0 Å². The first kappa shape index (κ1) is 20.7. The second-order valence-corrected chi connectivity index (χ2v) is 7.95. The first-order chi connectivity index (χ1) is 16.0. The molecular formula is C23H22N4O6. The zero-order valence-corrected chi connectivity index (χ0v) is 17.5. The van der Waals surface area contributed by atoms with E-state index in [0.717, 1.165) is 12.8 Å². The number of para-hydroxylation sites is 1. The van der Waals surface area contributed by atoms with Crippen LogP contribution in [0.2, 0.25) is 0 Å². The monoisotopic (exact) mass is 450 g/mol. The minimum absolute atomic E-state index is 0.211. The summed E-state index contributed by atoms with van der Waals surface area (Å²) in [6.45, 7) is 0.788. The lowest BCUT2D eigenvalue weighted by molar-refractivity contribution is -0.139. The van der Waals surface area contributed by atoms with Gasteiger partial charge in [0.15, 0.2) is 17.5 Å². The topological polar surface area (TPSA) is 142 Å². The number of anilines is 1. The van der Waals surface area contributed by atoms with Crippen LogP contribution in [0.1, 0.15) is 34.8 Å². The lowest BCUT2D eigenvalue weighted by Gasteiger charge is -2.21. The molecule has 2 aliphatic rings. The summed E-state index contributed by atoms with van der Waals surface area (Å²) < 4.78 is 11.0. The number of benzene rings is 2. The molecule has 0 unspecified atom stereocenters. The number of aromatic amines is 1. The lowest BCUT2D eigenvalue weighted by atomic mass is 10.0. The van der Waals surface area contributed by atoms with Crippen molar-refractivity contribution in [2.45, 2.75) is 24.9 Å². The second-order valence-electron chi connectivity index (χ2n) is 7.95. The van der Waals surface area contributed by atoms with Gasteiger partial charge in [-0.2, -0.15) is 0 Å². The number of amides is 3. The number of hydrogen-bond acceptors (Lipinski definition) is 5. The molecule has 1 aromatic heterocycles. The van der Waals surface area contributed by atoms with Crippen LogP contribution >= 0.6 is 0 Å². The van der Waals surface area contributed by atoms with Crippen LogP contribution in [-0.2, 0) is 4.79 Å². The number of nitrogens with one attached hydrogen (secondary N) is 4. The fourth-order valence-electron chi connectivity index (χ4n) is 3.75. The third kappa shape index (κ3) is 4.27. The van der Waals surface area contributed by atoms with Crippen LogP contribution in [0.25, 0.3) is 10.9 Å². The highest BCUT2D eigenvalue weighted by Gasteiger charge is 2.27. The van der Waals surface area contributed by atoms with Gasteiger partial charge in [0.25, 0.3) is 5.91 Å². The average molecular weight is 450 g/mol. The molecule has 3 aromatic rings. The summed E-state index contributed by atoms with van der Waals surface area (Å²) in [5, 5.41) is 18.5. The minimum atomic E-state index is -1.29. The number of carbonyl (C=O) groups excluding carboxylic acids is 2. The van der Waals surface area contributed by atoms with E-state index in [9.17, 15) is 19.5 Å². The average Bonchev–Trinajstić information content (AvgIpc) is 3.51. The van der Waals surface area contributed by atoms with Crippen molar-refractivity contribution < 1.29 is 29.0 Å². The number of H-pyrrole nitrogens is 1. The molecule has 10 heteroatoms. The summed E-state index contributed by atoms with van der Waals surface area (Å²) in [5.74, 6) is -0.809. The van der Waals surface area contributed by atoms with Gasteiger partial charge in [0.05, 0.1) is 16.8 Å². The standard InChI is InChI=1S/C23H22N4O6/c28-21(27-19(22(29)30)12-4-7-17-18(10-12)33-9-8-32-17)15-11-24-20-14(15)2-1-3-16(20)26-23(31)25-13-5-6-13/h1-4,7,10-11,13,19,24H,5-6,8-9H2,(H,27,28)(H,29,30)(H2,25,26,31)/t19-/m1/s1. The maximum absolute atomic E-state index is 13.0. The Hall–Kier alpha value is -4.21. The molecule has 3 amide bonds. The van der Waals surface area contributed by atoms with Gasteiger partial charge in [0.1, 0.15) is 13.2 Å². The molecule has 1 aliphatic heterocycles. The van der Waals surface area contributed by atoms with Crippen LogP contribution in [-0.4, -0.2) is 47.3 Å². The molecule has 0 saturated heterocycles. The van der Waals surface area contributed by atoms with Gasteiger partial charge in [-0.3, -0.25) is 4.79 Å². The van der Waals surface area contributed by atoms with Crippen LogP contribution in [0.4, 0.5) is 10.5 Å². The number of hydrogen-bond donors (Lipinski definition) is 5. The highest BCUT2D eigenvalue weighted by atomic mass is 16.6. The molecule has 170 valence electrons. The van der Waals surface area contributed by atoms with Crippen molar-refractivity contribution in [2.75, 3.05) is 18.5 Å². The van der Waals surface area contributed by atoms with Crippen LogP contribution in [0.5, 0.6) is 11.5 Å². The van der Waals surface area contributed by atoms with Gasteiger partial charge in [0, 0.05) is 17.6 Å². The SMILES string of the molecule is O=C(Nc1cccc2c(C(=O)N[C@@H](C(=O)O)c3ccc4c(c3)OCCO4)c[nH]c12)NC1CC1. The molecule has 2 aromatic carbocycles. The van der Waals surface area contributed by atoms with Crippen LogP contribution in [0.3, 0.4) is 0 Å². The summed E-state index contributed by atoms with van der Waals surface area (Å²) in [4.78, 5) is 40.1. The summed E-state index contributed by atoms with van der Waals surface area (Å²) >= 11 is 0. The summed E-state index contributed by atoms with van der Waals surface area (Å²) in [5.41, 5.74) is 1.71. The molecular weight excluding hydrogens is 428 g/mol. The Morgan fingerprint density at radius 2 is 1.85 bits per heavy atom. The van der Waals surface area contributed by atoms with Gasteiger partial charge in [-0.25, -0.2) is 9.59 Å². The number of ether oxygens (including phenoxy) is 2. The van der Waals surface area contributed by atoms with Gasteiger partial charge >= 0.3 is 12.0 Å². The van der Waals surface area contributed by atoms with Gasteiger partial charge in [-0.1, -0.05) is 18.2 Å². The van der Waals surface area contributed by atoms with Crippen molar-refractivity contribution in [1.29, 1.82) is 0 Å². The number of aromatic nitrogens is 1. The summed E-state index contributed by atoms with van der Waals surface area (Å²) in [6, 6.07) is 8.55. The molecule has 1 atom stereocenters. The number of carbonyl (C=O) groups is 3. The Balaban J connectivity index is 1.38. The number of carboxylic acids is 1. The Morgan fingerprint density at radius 3 is 2.61 bits per heavy atom. The molecule has 2 heterocycles. The van der Waals surface area contributed by atoms with E-state index in [2.05, 4.69) is 20.9 Å². The highest BCUT2D eigenvalue weighted by molar-refractivity contribution is 6.11. The molecule has 1 saturated carbocycles. The zero-order valence-electron chi connectivity index (χ0n) is 17.5. The molecule has 5 rings (SSSR count). The molecule has 5 N–H and O–H groups in total. The van der Waals surface area contributed by atoms with E-state index in [4.69, 9.17) is 9.47 Å². The van der Waals surface area contributed by atoms with Gasteiger partial charge in [-0.15, -0.1) is 0 Å². The Labute approximate surface area is 188 Å². The molecule has 33 heavy (non-hydrogen) atoms. The van der Waals surface area contributed by atoms with Crippen molar-refractivity contribution >= 4 is 34.5 Å². The molecule has 0 spiro atoms. The highest BCUT2D eigenvalue weighted by Crippen LogP contribution is 2.33. The van der Waals surface area contributed by atoms with Crippen molar-refractivity contribution in [3.63, 3.8) is 0 Å². The Morgan fingerprint density at radius 1 is 1.06 bits per heavy atom. The Kier molecular flexibility index (Phi) is 5.25. The molecule has 10 nitrogen and oxygen atoms in total. The third-order valence-electron chi connectivity index (χ3n) is 5.54. The van der Waals surface area contributed by atoms with Crippen molar-refractivity contribution in [1.82, 2.24) is 15.6 Å². The van der Waals surface area contributed by atoms with Gasteiger partial charge < -0.3 is 35.5 Å². The summed E-state index contributed by atoms with van der Waals surface area (Å²) in [7, 11) is 0. The number of aliphatic carboxylic acids is 1. The first-order valence-electron chi connectivity index (χ1n) is 10.6. The number of rotatable bonds is 6. The van der Waals surface area contributed by atoms with Gasteiger partial charge in [0.2, 0.25) is 0 Å². The zero-order chi connectivity index (χ0) is 22.9. The fourth-order valence-corrected chi connectivity index (χ4v) is 3.75. The first-order valence-corrected chi connectivity index (χ1v) is 10.6. The minimum Gasteiger partial charge on any atom is -0.486 e. The number of urea groups is 1. The maximum Gasteiger partial charge on any atom is 0.330 e. The van der Waals surface area contributed by atoms with E-state index < -0.39 is 17.9 Å².